The van der Waals surface area contributed by atoms with E-state index >= 15 is 0 Å². The van der Waals surface area contributed by atoms with Crippen LogP contribution in [0.25, 0.3) is 0 Å². The van der Waals surface area contributed by atoms with Crippen LogP contribution >= 0.6 is 0 Å². The first-order valence-electron chi connectivity index (χ1n) is 6.46. The second-order valence-corrected chi connectivity index (χ2v) is 6.30. The van der Waals surface area contributed by atoms with Gasteiger partial charge in [0.15, 0.2) is 0 Å². The Kier molecular flexibility index (Phi) is 2.33. The van der Waals surface area contributed by atoms with E-state index in [0.717, 1.165) is 37.2 Å². The summed E-state index contributed by atoms with van der Waals surface area (Å²) in [6.45, 7) is 2.99. The molecule has 0 aromatic carbocycles. The number of aliphatic hydroxyl groups is 1. The molecule has 0 saturated heterocycles. The molecule has 0 heterocycles. The van der Waals surface area contributed by atoms with E-state index in [0.29, 0.717) is 6.10 Å². The minimum Gasteiger partial charge on any atom is -0.390 e. The lowest BCUT2D eigenvalue weighted by Gasteiger charge is -2.19. The molecule has 15 heavy (non-hydrogen) atoms. The van der Waals surface area contributed by atoms with Gasteiger partial charge in [0.1, 0.15) is 0 Å². The molecular formula is C13H22O2. The van der Waals surface area contributed by atoms with E-state index in [1.165, 1.54) is 25.7 Å². The van der Waals surface area contributed by atoms with Crippen molar-refractivity contribution in [3.63, 3.8) is 0 Å². The molecule has 0 radical (unpaired) electrons. The molecule has 86 valence electrons. The highest BCUT2D eigenvalue weighted by molar-refractivity contribution is 4.97. The fraction of sp³-hybridized carbons (Fsp3) is 1.00. The SMILES string of the molecule is C[C@]1(O)C[C@H]2C[C@@H](OCC3CC3)C[C@H]2C1. The van der Waals surface area contributed by atoms with Crippen molar-refractivity contribution >= 4 is 0 Å². The van der Waals surface area contributed by atoms with Gasteiger partial charge in [0.25, 0.3) is 0 Å². The molecule has 3 fully saturated rings. The highest BCUT2D eigenvalue weighted by Crippen LogP contribution is 2.49. The maximum atomic E-state index is 9.97. The van der Waals surface area contributed by atoms with Gasteiger partial charge in [0.05, 0.1) is 11.7 Å². The Morgan fingerprint density at radius 3 is 2.33 bits per heavy atom. The van der Waals surface area contributed by atoms with Crippen LogP contribution in [0.2, 0.25) is 0 Å². The second kappa shape index (κ2) is 3.46. The summed E-state index contributed by atoms with van der Waals surface area (Å²) in [7, 11) is 0. The van der Waals surface area contributed by atoms with Gasteiger partial charge in [-0.1, -0.05) is 0 Å². The van der Waals surface area contributed by atoms with Crippen molar-refractivity contribution in [2.75, 3.05) is 6.61 Å². The number of fused-ring (bicyclic) bond motifs is 1. The maximum absolute atomic E-state index is 9.97. The van der Waals surface area contributed by atoms with Crippen LogP contribution in [0.4, 0.5) is 0 Å². The predicted octanol–water partition coefficient (Wildman–Crippen LogP) is 2.35. The molecule has 0 bridgehead atoms. The van der Waals surface area contributed by atoms with Crippen LogP contribution in [0.5, 0.6) is 0 Å². The zero-order valence-electron chi connectivity index (χ0n) is 9.61. The maximum Gasteiger partial charge on any atom is 0.0625 e. The largest absolute Gasteiger partial charge is 0.390 e. The molecule has 3 saturated carbocycles. The van der Waals surface area contributed by atoms with Crippen LogP contribution in [0.3, 0.4) is 0 Å². The fourth-order valence-electron chi connectivity index (χ4n) is 3.56. The average Bonchev–Trinajstić information content (AvgIpc) is 2.82. The van der Waals surface area contributed by atoms with Gasteiger partial charge in [-0.25, -0.2) is 0 Å². The van der Waals surface area contributed by atoms with E-state index in [4.69, 9.17) is 4.74 Å². The van der Waals surface area contributed by atoms with Crippen LogP contribution in [-0.2, 0) is 4.74 Å². The van der Waals surface area contributed by atoms with Crippen LogP contribution in [-0.4, -0.2) is 23.4 Å². The van der Waals surface area contributed by atoms with Crippen molar-refractivity contribution in [2.45, 2.75) is 57.2 Å². The summed E-state index contributed by atoms with van der Waals surface area (Å²) in [4.78, 5) is 0. The van der Waals surface area contributed by atoms with Crippen LogP contribution in [0.1, 0.15) is 45.4 Å². The minimum atomic E-state index is -0.378. The Bertz CT molecular complexity index is 229. The molecule has 0 spiro atoms. The molecule has 3 aliphatic rings. The van der Waals surface area contributed by atoms with Gasteiger partial charge < -0.3 is 9.84 Å². The van der Waals surface area contributed by atoms with Crippen molar-refractivity contribution in [3.05, 3.63) is 0 Å². The van der Waals surface area contributed by atoms with Gasteiger partial charge in [-0.2, -0.15) is 0 Å². The van der Waals surface area contributed by atoms with Crippen molar-refractivity contribution in [1.29, 1.82) is 0 Å². The first kappa shape index (κ1) is 10.1. The third-order valence-electron chi connectivity index (χ3n) is 4.47. The van der Waals surface area contributed by atoms with E-state index < -0.39 is 0 Å². The third-order valence-corrected chi connectivity index (χ3v) is 4.47. The van der Waals surface area contributed by atoms with Gasteiger partial charge >= 0.3 is 0 Å². The molecule has 2 nitrogen and oxygen atoms in total. The molecule has 1 N–H and O–H groups in total. The highest BCUT2D eigenvalue weighted by Gasteiger charge is 2.46. The standard InChI is InChI=1S/C13H22O2/c1-13(14)6-10-4-12(5-11(10)7-13)15-8-9-2-3-9/h9-12,14H,2-8H2,1H3/t10-,11+,12-,13+. The molecule has 0 aromatic rings. The zero-order valence-corrected chi connectivity index (χ0v) is 9.61. The number of hydrogen-bond donors (Lipinski definition) is 1. The molecule has 3 rings (SSSR count). The summed E-state index contributed by atoms with van der Waals surface area (Å²) in [6.07, 6.45) is 7.68. The Hall–Kier alpha value is -0.0800. The van der Waals surface area contributed by atoms with Crippen LogP contribution in [0, 0.1) is 17.8 Å². The third kappa shape index (κ3) is 2.21. The molecular weight excluding hydrogens is 188 g/mol. The Balaban J connectivity index is 1.48. The van der Waals surface area contributed by atoms with Gasteiger partial charge in [0.2, 0.25) is 0 Å². The fourth-order valence-corrected chi connectivity index (χ4v) is 3.56. The van der Waals surface area contributed by atoms with Crippen molar-refractivity contribution in [1.82, 2.24) is 0 Å². The van der Waals surface area contributed by atoms with Crippen LogP contribution < -0.4 is 0 Å². The van der Waals surface area contributed by atoms with Crippen molar-refractivity contribution < 1.29 is 9.84 Å². The van der Waals surface area contributed by atoms with E-state index in [-0.39, 0.29) is 5.60 Å². The summed E-state index contributed by atoms with van der Waals surface area (Å²) >= 11 is 0. The molecule has 0 unspecified atom stereocenters. The monoisotopic (exact) mass is 210 g/mol. The van der Waals surface area contributed by atoms with Crippen LogP contribution in [0.15, 0.2) is 0 Å². The molecule has 0 aromatic heterocycles. The molecule has 4 atom stereocenters. The lowest BCUT2D eigenvalue weighted by atomic mass is 10.0. The van der Waals surface area contributed by atoms with E-state index in [1.54, 1.807) is 0 Å². The summed E-state index contributed by atoms with van der Waals surface area (Å²) in [5, 5.41) is 9.97. The normalized spacial score (nSPS) is 49.6. The summed E-state index contributed by atoms with van der Waals surface area (Å²) in [5.74, 6) is 2.36. The summed E-state index contributed by atoms with van der Waals surface area (Å²) < 4.78 is 5.95. The first-order valence-corrected chi connectivity index (χ1v) is 6.46. The van der Waals surface area contributed by atoms with E-state index in [2.05, 4.69) is 0 Å². The minimum absolute atomic E-state index is 0.378. The van der Waals surface area contributed by atoms with E-state index in [1.807, 2.05) is 6.92 Å². The smallest absolute Gasteiger partial charge is 0.0625 e. The molecule has 0 aliphatic heterocycles. The number of ether oxygens (including phenoxy) is 1. The zero-order chi connectivity index (χ0) is 10.5. The topological polar surface area (TPSA) is 29.5 Å². The Morgan fingerprint density at radius 2 is 1.80 bits per heavy atom. The van der Waals surface area contributed by atoms with Crippen molar-refractivity contribution in [3.8, 4) is 0 Å². The van der Waals surface area contributed by atoms with Gasteiger partial charge in [-0.15, -0.1) is 0 Å². The van der Waals surface area contributed by atoms with Gasteiger partial charge in [-0.05, 0) is 63.2 Å². The lowest BCUT2D eigenvalue weighted by molar-refractivity contribution is 0.0240. The molecule has 0 amide bonds. The molecule has 2 heteroatoms. The van der Waals surface area contributed by atoms with Gasteiger partial charge in [-0.3, -0.25) is 0 Å². The lowest BCUT2D eigenvalue weighted by Crippen LogP contribution is -2.22. The average molecular weight is 210 g/mol. The van der Waals surface area contributed by atoms with Crippen molar-refractivity contribution in [2.24, 2.45) is 17.8 Å². The first-order chi connectivity index (χ1) is 7.12. The van der Waals surface area contributed by atoms with E-state index in [9.17, 15) is 5.11 Å². The summed E-state index contributed by atoms with van der Waals surface area (Å²) in [6, 6.07) is 0. The summed E-state index contributed by atoms with van der Waals surface area (Å²) in [5.41, 5.74) is -0.378. The quantitative estimate of drug-likeness (QED) is 0.775. The highest BCUT2D eigenvalue weighted by atomic mass is 16.5. The van der Waals surface area contributed by atoms with Gasteiger partial charge in [0, 0.05) is 6.61 Å². The Labute approximate surface area is 92.0 Å². The number of rotatable bonds is 3. The number of hydrogen-bond acceptors (Lipinski definition) is 2. The Morgan fingerprint density at radius 1 is 1.20 bits per heavy atom. The second-order valence-electron chi connectivity index (χ2n) is 6.30. The molecule has 3 aliphatic carbocycles. The predicted molar refractivity (Wildman–Crippen MR) is 58.5 cm³/mol.